The van der Waals surface area contributed by atoms with E-state index in [-0.39, 0.29) is 11.9 Å². The minimum atomic E-state index is -0.120. The zero-order valence-corrected chi connectivity index (χ0v) is 23.0. The zero-order chi connectivity index (χ0) is 27.7. The van der Waals surface area contributed by atoms with E-state index in [9.17, 15) is 4.79 Å². The van der Waals surface area contributed by atoms with E-state index in [1.54, 1.807) is 29.7 Å². The summed E-state index contributed by atoms with van der Waals surface area (Å²) < 4.78 is 0. The van der Waals surface area contributed by atoms with Crippen molar-refractivity contribution in [3.8, 4) is 10.4 Å². The molecule has 196 valence electrons. The van der Waals surface area contributed by atoms with E-state index in [4.69, 9.17) is 5.73 Å². The van der Waals surface area contributed by atoms with Gasteiger partial charge in [-0.05, 0) is 87.1 Å². The molecular formula is C30H34N6OS. The monoisotopic (exact) mass is 526 g/mol. The summed E-state index contributed by atoms with van der Waals surface area (Å²) in [6, 6.07) is 16.2. The average Bonchev–Trinajstić information content (AvgIpc) is 3.39. The molecule has 1 amide bonds. The zero-order valence-electron chi connectivity index (χ0n) is 22.2. The number of thiophene rings is 1. The SMILES string of the molecule is C=N/C=C\C=C(/Cc1ccc(-c2ccc3ncnc(N)c3c2)s1)C(=O)NC(C)c1ccc(C)c(C)c1.CN. The Balaban J connectivity index is 0.00000195. The van der Waals surface area contributed by atoms with E-state index in [0.29, 0.717) is 17.8 Å². The first-order valence-electron chi connectivity index (χ1n) is 12.2. The van der Waals surface area contributed by atoms with Gasteiger partial charge in [-0.15, -0.1) is 11.3 Å². The smallest absolute Gasteiger partial charge is 0.248 e. The predicted molar refractivity (Wildman–Crippen MR) is 160 cm³/mol. The lowest BCUT2D eigenvalue weighted by atomic mass is 10.0. The van der Waals surface area contributed by atoms with E-state index in [2.05, 4.69) is 76.9 Å². The number of nitrogen functional groups attached to an aromatic ring is 1. The standard InChI is InChI=1S/C29H29N5OS.CH5N/c1-18-7-8-21(14-19(18)2)20(3)34-29(35)23(6-5-13-31-4)15-24-10-12-27(36-24)22-9-11-26-25(16-22)28(30)33-17-32-26;1-2/h5-14,16-17,20H,4,15H2,1-3H3,(H,34,35)(H2,30,32,33);2H2,1H3/b13-5-,23-6+;. The normalized spacial score (nSPS) is 12.2. The molecule has 2 heterocycles. The molecule has 38 heavy (non-hydrogen) atoms. The Bertz CT molecular complexity index is 1490. The molecule has 2 aromatic carbocycles. The number of aliphatic imine (C=N–C) groups is 1. The minimum Gasteiger partial charge on any atom is -0.383 e. The fourth-order valence-electron chi connectivity index (χ4n) is 3.89. The minimum absolute atomic E-state index is 0.111. The van der Waals surface area contributed by atoms with Gasteiger partial charge in [0.2, 0.25) is 5.91 Å². The van der Waals surface area contributed by atoms with Gasteiger partial charge in [0, 0.05) is 33.3 Å². The molecule has 7 nitrogen and oxygen atoms in total. The third-order valence-corrected chi connectivity index (χ3v) is 7.27. The summed E-state index contributed by atoms with van der Waals surface area (Å²) in [5, 5.41) is 3.97. The first-order valence-corrected chi connectivity index (χ1v) is 13.0. The van der Waals surface area contributed by atoms with Crippen molar-refractivity contribution in [2.75, 3.05) is 12.8 Å². The lowest BCUT2D eigenvalue weighted by Gasteiger charge is -2.17. The summed E-state index contributed by atoms with van der Waals surface area (Å²) in [4.78, 5) is 27.5. The number of anilines is 1. The molecule has 0 aliphatic heterocycles. The summed E-state index contributed by atoms with van der Waals surface area (Å²) in [6.07, 6.45) is 7.07. The van der Waals surface area contributed by atoms with Crippen molar-refractivity contribution >= 4 is 40.7 Å². The van der Waals surface area contributed by atoms with Gasteiger partial charge >= 0.3 is 0 Å². The number of fused-ring (bicyclic) bond motifs is 1. The van der Waals surface area contributed by atoms with Crippen molar-refractivity contribution in [1.29, 1.82) is 0 Å². The molecule has 0 spiro atoms. The van der Waals surface area contributed by atoms with Crippen molar-refractivity contribution in [2.24, 2.45) is 10.7 Å². The first kappa shape index (κ1) is 28.4. The molecule has 1 unspecified atom stereocenters. The highest BCUT2D eigenvalue weighted by molar-refractivity contribution is 7.15. The molecule has 4 aromatic rings. The molecule has 8 heteroatoms. The largest absolute Gasteiger partial charge is 0.383 e. The number of allylic oxidation sites excluding steroid dienone is 2. The molecule has 0 bridgehead atoms. The molecule has 0 aliphatic rings. The van der Waals surface area contributed by atoms with Gasteiger partial charge in [0.25, 0.3) is 0 Å². The summed E-state index contributed by atoms with van der Waals surface area (Å²) in [7, 11) is 1.50. The van der Waals surface area contributed by atoms with Crippen LogP contribution in [0.1, 0.15) is 34.5 Å². The number of hydrogen-bond acceptors (Lipinski definition) is 7. The summed E-state index contributed by atoms with van der Waals surface area (Å²) >= 11 is 1.64. The van der Waals surface area contributed by atoms with Gasteiger partial charge in [-0.2, -0.15) is 0 Å². The number of amides is 1. The van der Waals surface area contributed by atoms with Gasteiger partial charge in [0.1, 0.15) is 12.1 Å². The number of hydrogen-bond donors (Lipinski definition) is 3. The molecular weight excluding hydrogens is 492 g/mol. The second-order valence-corrected chi connectivity index (χ2v) is 9.86. The van der Waals surface area contributed by atoms with Crippen LogP contribution in [0.25, 0.3) is 21.3 Å². The van der Waals surface area contributed by atoms with E-state index in [1.165, 1.54) is 24.5 Å². The predicted octanol–water partition coefficient (Wildman–Crippen LogP) is 5.69. The maximum atomic E-state index is 13.3. The van der Waals surface area contributed by atoms with Crippen molar-refractivity contribution in [3.63, 3.8) is 0 Å². The van der Waals surface area contributed by atoms with Crippen LogP contribution in [0.3, 0.4) is 0 Å². The Labute approximate surface area is 228 Å². The quantitative estimate of drug-likeness (QED) is 0.155. The fraction of sp³-hybridized carbons (Fsp3) is 0.200. The van der Waals surface area contributed by atoms with Crippen molar-refractivity contribution < 1.29 is 4.79 Å². The van der Waals surface area contributed by atoms with Crippen LogP contribution < -0.4 is 16.8 Å². The molecule has 1 atom stereocenters. The van der Waals surface area contributed by atoms with Gasteiger partial charge in [0.05, 0.1) is 11.6 Å². The molecule has 0 radical (unpaired) electrons. The first-order chi connectivity index (χ1) is 18.4. The van der Waals surface area contributed by atoms with Crippen molar-refractivity contribution in [2.45, 2.75) is 33.2 Å². The topological polar surface area (TPSA) is 119 Å². The Morgan fingerprint density at radius 2 is 1.89 bits per heavy atom. The van der Waals surface area contributed by atoms with Crippen LogP contribution in [0.2, 0.25) is 0 Å². The number of benzene rings is 2. The Kier molecular flexibility index (Phi) is 10.0. The number of aromatic nitrogens is 2. The average molecular weight is 527 g/mol. The maximum absolute atomic E-state index is 13.3. The number of carbonyl (C=O) groups excluding carboxylic acids is 1. The van der Waals surface area contributed by atoms with Gasteiger partial charge in [-0.25, -0.2) is 9.97 Å². The summed E-state index contributed by atoms with van der Waals surface area (Å²) in [6.45, 7) is 9.63. The van der Waals surface area contributed by atoms with Crippen molar-refractivity contribution in [1.82, 2.24) is 15.3 Å². The molecule has 0 saturated carbocycles. The lowest BCUT2D eigenvalue weighted by molar-refractivity contribution is -0.118. The Hall–Kier alpha value is -4.14. The molecule has 0 aliphatic carbocycles. The van der Waals surface area contributed by atoms with Gasteiger partial charge < -0.3 is 16.8 Å². The van der Waals surface area contributed by atoms with E-state index in [1.807, 2.05) is 25.1 Å². The van der Waals surface area contributed by atoms with Crippen LogP contribution in [-0.4, -0.2) is 29.6 Å². The number of nitrogens with one attached hydrogen (secondary N) is 1. The van der Waals surface area contributed by atoms with E-state index in [0.717, 1.165) is 31.8 Å². The number of aryl methyl sites for hydroxylation is 2. The van der Waals surface area contributed by atoms with Gasteiger partial charge in [-0.3, -0.25) is 9.79 Å². The molecule has 2 aromatic heterocycles. The highest BCUT2D eigenvalue weighted by atomic mass is 32.1. The summed E-state index contributed by atoms with van der Waals surface area (Å²) in [5.74, 6) is 0.348. The van der Waals surface area contributed by atoms with Crippen LogP contribution in [0.4, 0.5) is 5.82 Å². The van der Waals surface area contributed by atoms with Crippen LogP contribution in [0.15, 0.2) is 83.8 Å². The van der Waals surface area contributed by atoms with E-state index >= 15 is 0 Å². The maximum Gasteiger partial charge on any atom is 0.248 e. The highest BCUT2D eigenvalue weighted by Gasteiger charge is 2.16. The van der Waals surface area contributed by atoms with Crippen LogP contribution in [-0.2, 0) is 11.2 Å². The van der Waals surface area contributed by atoms with Gasteiger partial charge in [0.15, 0.2) is 0 Å². The van der Waals surface area contributed by atoms with Crippen LogP contribution in [0, 0.1) is 13.8 Å². The lowest BCUT2D eigenvalue weighted by Crippen LogP contribution is -2.28. The van der Waals surface area contributed by atoms with E-state index < -0.39 is 0 Å². The third kappa shape index (κ3) is 7.00. The molecule has 5 N–H and O–H groups in total. The molecule has 0 fully saturated rings. The second-order valence-electron chi connectivity index (χ2n) is 8.69. The number of nitrogens with two attached hydrogens (primary N) is 2. The summed E-state index contributed by atoms with van der Waals surface area (Å²) in [5.41, 5.74) is 16.6. The molecule has 4 rings (SSSR count). The number of nitrogens with zero attached hydrogens (tertiary/aromatic N) is 3. The van der Waals surface area contributed by atoms with Gasteiger partial charge in [-0.1, -0.05) is 30.3 Å². The number of rotatable bonds is 8. The fourth-order valence-corrected chi connectivity index (χ4v) is 4.91. The second kappa shape index (κ2) is 13.4. The number of carbonyl (C=O) groups is 1. The van der Waals surface area contributed by atoms with Crippen LogP contribution in [0.5, 0.6) is 0 Å². The molecule has 0 saturated heterocycles. The van der Waals surface area contributed by atoms with Crippen LogP contribution >= 0.6 is 11.3 Å². The Morgan fingerprint density at radius 3 is 2.63 bits per heavy atom. The third-order valence-electron chi connectivity index (χ3n) is 6.14. The highest BCUT2D eigenvalue weighted by Crippen LogP contribution is 2.32. The van der Waals surface area contributed by atoms with Crippen molar-refractivity contribution in [3.05, 3.63) is 100 Å². The Morgan fingerprint density at radius 1 is 1.11 bits per heavy atom.